The van der Waals surface area contributed by atoms with Crippen molar-refractivity contribution in [2.24, 2.45) is 0 Å². The molecule has 0 saturated carbocycles. The molecule has 0 atom stereocenters. The van der Waals surface area contributed by atoms with Crippen LogP contribution in [0.1, 0.15) is 24.8 Å². The highest BCUT2D eigenvalue weighted by atomic mass is 32.2. The molecule has 1 saturated heterocycles. The van der Waals surface area contributed by atoms with E-state index in [0.717, 1.165) is 47.8 Å². The second kappa shape index (κ2) is 10.3. The van der Waals surface area contributed by atoms with Gasteiger partial charge in [-0.1, -0.05) is 23.8 Å². The van der Waals surface area contributed by atoms with Gasteiger partial charge in [0.25, 0.3) is 0 Å². The zero-order chi connectivity index (χ0) is 20.6. The van der Waals surface area contributed by atoms with Crippen LogP contribution in [-0.2, 0) is 9.59 Å². The SMILES string of the molecule is COc1cccc(SCC(=O)N(CC(=O)N2CCCCC2)c2ccc(C)cc2)c1. The molecule has 1 aliphatic rings. The Hall–Kier alpha value is -2.47. The lowest BCUT2D eigenvalue weighted by Gasteiger charge is -2.30. The zero-order valence-electron chi connectivity index (χ0n) is 17.1. The number of benzene rings is 2. The number of likely N-dealkylation sites (tertiary alicyclic amines) is 1. The number of anilines is 1. The lowest BCUT2D eigenvalue weighted by molar-refractivity contribution is -0.131. The van der Waals surface area contributed by atoms with E-state index in [0.29, 0.717) is 0 Å². The van der Waals surface area contributed by atoms with Gasteiger partial charge in [-0.05, 0) is 56.5 Å². The van der Waals surface area contributed by atoms with E-state index in [1.807, 2.05) is 60.4 Å². The minimum atomic E-state index is -0.0768. The van der Waals surface area contributed by atoms with Gasteiger partial charge in [-0.15, -0.1) is 11.8 Å². The Morgan fingerprint density at radius 3 is 2.48 bits per heavy atom. The molecule has 0 radical (unpaired) electrons. The van der Waals surface area contributed by atoms with Gasteiger partial charge in [0.2, 0.25) is 11.8 Å². The molecule has 2 aromatic carbocycles. The van der Waals surface area contributed by atoms with Crippen LogP contribution in [-0.4, -0.2) is 49.2 Å². The number of hydrogen-bond acceptors (Lipinski definition) is 4. The van der Waals surface area contributed by atoms with Crippen molar-refractivity contribution in [1.82, 2.24) is 4.90 Å². The van der Waals surface area contributed by atoms with Gasteiger partial charge in [0, 0.05) is 23.7 Å². The highest BCUT2D eigenvalue weighted by Crippen LogP contribution is 2.24. The monoisotopic (exact) mass is 412 g/mol. The summed E-state index contributed by atoms with van der Waals surface area (Å²) in [4.78, 5) is 30.4. The summed E-state index contributed by atoms with van der Waals surface area (Å²) in [6.45, 7) is 3.66. The second-order valence-electron chi connectivity index (χ2n) is 7.22. The van der Waals surface area contributed by atoms with Gasteiger partial charge in [0.05, 0.1) is 12.9 Å². The van der Waals surface area contributed by atoms with Gasteiger partial charge in [0.15, 0.2) is 0 Å². The van der Waals surface area contributed by atoms with Crippen molar-refractivity contribution in [2.45, 2.75) is 31.1 Å². The fraction of sp³-hybridized carbons (Fsp3) is 0.391. The standard InChI is InChI=1S/C23H28N2O3S/c1-18-9-11-19(12-10-18)25(16-22(26)24-13-4-3-5-14-24)23(27)17-29-21-8-6-7-20(15-21)28-2/h6-12,15H,3-5,13-14,16-17H2,1-2H3. The Kier molecular flexibility index (Phi) is 7.58. The third-order valence-electron chi connectivity index (χ3n) is 5.05. The molecule has 29 heavy (non-hydrogen) atoms. The number of methoxy groups -OCH3 is 1. The third kappa shape index (κ3) is 6.00. The van der Waals surface area contributed by atoms with Gasteiger partial charge in [-0.25, -0.2) is 0 Å². The second-order valence-corrected chi connectivity index (χ2v) is 8.27. The van der Waals surface area contributed by atoms with E-state index >= 15 is 0 Å². The molecule has 3 rings (SSSR count). The normalized spacial score (nSPS) is 13.8. The Balaban J connectivity index is 1.71. The van der Waals surface area contributed by atoms with Crippen LogP contribution in [0.3, 0.4) is 0 Å². The number of rotatable bonds is 7. The predicted molar refractivity (Wildman–Crippen MR) is 118 cm³/mol. The van der Waals surface area contributed by atoms with Gasteiger partial charge >= 0.3 is 0 Å². The van der Waals surface area contributed by atoms with Crippen molar-refractivity contribution in [3.63, 3.8) is 0 Å². The van der Waals surface area contributed by atoms with Crippen molar-refractivity contribution >= 4 is 29.3 Å². The van der Waals surface area contributed by atoms with E-state index in [1.54, 1.807) is 12.0 Å². The summed E-state index contributed by atoms with van der Waals surface area (Å²) >= 11 is 1.45. The van der Waals surface area contributed by atoms with Crippen molar-refractivity contribution in [1.29, 1.82) is 0 Å². The molecule has 0 spiro atoms. The quantitative estimate of drug-likeness (QED) is 0.642. The van der Waals surface area contributed by atoms with Crippen molar-refractivity contribution in [2.75, 3.05) is 37.4 Å². The topological polar surface area (TPSA) is 49.9 Å². The average Bonchev–Trinajstić information content (AvgIpc) is 2.77. The average molecular weight is 413 g/mol. The molecule has 0 unspecified atom stereocenters. The van der Waals surface area contributed by atoms with Crippen LogP contribution in [0.15, 0.2) is 53.4 Å². The molecule has 2 aromatic rings. The first-order valence-corrected chi connectivity index (χ1v) is 11.0. The van der Waals surface area contributed by atoms with E-state index in [9.17, 15) is 9.59 Å². The number of hydrogen-bond donors (Lipinski definition) is 0. The van der Waals surface area contributed by atoms with E-state index in [4.69, 9.17) is 4.74 Å². The molecule has 6 heteroatoms. The molecule has 5 nitrogen and oxygen atoms in total. The minimum Gasteiger partial charge on any atom is -0.497 e. The lowest BCUT2D eigenvalue weighted by atomic mass is 10.1. The first-order chi connectivity index (χ1) is 14.1. The highest BCUT2D eigenvalue weighted by Gasteiger charge is 2.23. The Labute approximate surface area is 177 Å². The maximum absolute atomic E-state index is 13.1. The molecule has 1 aliphatic heterocycles. The zero-order valence-corrected chi connectivity index (χ0v) is 17.9. The van der Waals surface area contributed by atoms with E-state index < -0.39 is 0 Å². The fourth-order valence-corrected chi connectivity index (χ4v) is 4.16. The molecular weight excluding hydrogens is 384 g/mol. The summed E-state index contributed by atoms with van der Waals surface area (Å²) in [5, 5.41) is 0. The van der Waals surface area contributed by atoms with Crippen LogP contribution < -0.4 is 9.64 Å². The molecule has 2 amide bonds. The van der Waals surface area contributed by atoms with Crippen LogP contribution in [0.25, 0.3) is 0 Å². The number of thioether (sulfide) groups is 1. The van der Waals surface area contributed by atoms with Crippen LogP contribution in [0.5, 0.6) is 5.75 Å². The molecule has 154 valence electrons. The largest absolute Gasteiger partial charge is 0.497 e. The number of aryl methyl sites for hydroxylation is 1. The molecule has 0 bridgehead atoms. The number of carbonyl (C=O) groups is 2. The molecule has 0 aromatic heterocycles. The number of ether oxygens (including phenoxy) is 1. The number of amides is 2. The smallest absolute Gasteiger partial charge is 0.242 e. The summed E-state index contributed by atoms with van der Waals surface area (Å²) in [5.74, 6) is 0.962. The van der Waals surface area contributed by atoms with E-state index in [2.05, 4.69) is 0 Å². The van der Waals surface area contributed by atoms with Crippen molar-refractivity contribution in [3.8, 4) is 5.75 Å². The van der Waals surface area contributed by atoms with Crippen molar-refractivity contribution < 1.29 is 14.3 Å². The third-order valence-corrected chi connectivity index (χ3v) is 6.03. The first kappa shape index (κ1) is 21.2. The van der Waals surface area contributed by atoms with Crippen LogP contribution in [0, 0.1) is 6.92 Å². The van der Waals surface area contributed by atoms with Crippen molar-refractivity contribution in [3.05, 3.63) is 54.1 Å². The summed E-state index contributed by atoms with van der Waals surface area (Å²) in [7, 11) is 1.63. The molecule has 1 heterocycles. The molecule has 0 aliphatic carbocycles. The Bertz CT molecular complexity index is 832. The maximum Gasteiger partial charge on any atom is 0.242 e. The minimum absolute atomic E-state index is 0.0185. The van der Waals surface area contributed by atoms with E-state index in [-0.39, 0.29) is 24.1 Å². The Morgan fingerprint density at radius 2 is 1.79 bits per heavy atom. The summed E-state index contributed by atoms with van der Waals surface area (Å²) in [5.41, 5.74) is 1.88. The maximum atomic E-state index is 13.1. The summed E-state index contributed by atoms with van der Waals surface area (Å²) < 4.78 is 5.25. The highest BCUT2D eigenvalue weighted by molar-refractivity contribution is 8.00. The summed E-state index contributed by atoms with van der Waals surface area (Å²) in [6, 6.07) is 15.4. The van der Waals surface area contributed by atoms with Crippen LogP contribution >= 0.6 is 11.8 Å². The van der Waals surface area contributed by atoms with Gasteiger partial charge < -0.3 is 14.5 Å². The van der Waals surface area contributed by atoms with Crippen LogP contribution in [0.2, 0.25) is 0 Å². The van der Waals surface area contributed by atoms with Gasteiger partial charge in [0.1, 0.15) is 12.3 Å². The number of carbonyl (C=O) groups excluding carboxylic acids is 2. The van der Waals surface area contributed by atoms with Gasteiger partial charge in [-0.3, -0.25) is 9.59 Å². The Morgan fingerprint density at radius 1 is 1.07 bits per heavy atom. The van der Waals surface area contributed by atoms with Crippen LogP contribution in [0.4, 0.5) is 5.69 Å². The van der Waals surface area contributed by atoms with E-state index in [1.165, 1.54) is 18.2 Å². The lowest BCUT2D eigenvalue weighted by Crippen LogP contribution is -2.45. The number of nitrogens with zero attached hydrogens (tertiary/aromatic N) is 2. The summed E-state index contributed by atoms with van der Waals surface area (Å²) in [6.07, 6.45) is 3.24. The fourth-order valence-electron chi connectivity index (χ4n) is 3.34. The first-order valence-electron chi connectivity index (χ1n) is 9.98. The number of piperidine rings is 1. The van der Waals surface area contributed by atoms with Gasteiger partial charge in [-0.2, -0.15) is 0 Å². The molecule has 0 N–H and O–H groups in total. The predicted octanol–water partition coefficient (Wildman–Crippen LogP) is 4.14. The molecular formula is C23H28N2O3S. The molecule has 1 fully saturated rings.